The average molecular weight is 437 g/mol. The molecule has 3 N–H and O–H groups in total. The van der Waals surface area contributed by atoms with Gasteiger partial charge >= 0.3 is 0 Å². The Labute approximate surface area is 181 Å². The van der Waals surface area contributed by atoms with E-state index in [1.165, 1.54) is 17.0 Å². The number of aromatic nitrogens is 5. The van der Waals surface area contributed by atoms with E-state index in [4.69, 9.17) is 26.8 Å². The van der Waals surface area contributed by atoms with Gasteiger partial charge in [-0.05, 0) is 25.5 Å². The molecule has 0 aliphatic rings. The smallest absolute Gasteiger partial charge is 0.268 e. The Morgan fingerprint density at radius 3 is 2.84 bits per heavy atom. The number of anilines is 2. The molecule has 4 rings (SSSR count). The highest BCUT2D eigenvalue weighted by molar-refractivity contribution is 6.35. The van der Waals surface area contributed by atoms with E-state index in [1.54, 1.807) is 24.3 Å². The Bertz CT molecular complexity index is 1380. The van der Waals surface area contributed by atoms with Crippen LogP contribution in [0.2, 0.25) is 5.02 Å². The molecule has 1 aromatic carbocycles. The van der Waals surface area contributed by atoms with E-state index in [-0.39, 0.29) is 33.6 Å². The first-order valence-electron chi connectivity index (χ1n) is 9.31. The maximum absolute atomic E-state index is 13.5. The van der Waals surface area contributed by atoms with Gasteiger partial charge in [-0.15, -0.1) is 0 Å². The number of nitrogens with two attached hydrogens (primary N) is 1. The molecule has 0 aliphatic carbocycles. The highest BCUT2D eigenvalue weighted by atomic mass is 35.5. The van der Waals surface area contributed by atoms with E-state index >= 15 is 0 Å². The first kappa shape index (κ1) is 20.3. The fourth-order valence-electron chi connectivity index (χ4n) is 3.23. The first-order valence-corrected chi connectivity index (χ1v) is 9.69. The van der Waals surface area contributed by atoms with Crippen molar-refractivity contribution in [2.45, 2.75) is 25.8 Å². The Balaban J connectivity index is 2.01. The Morgan fingerprint density at radius 2 is 2.16 bits per heavy atom. The predicted octanol–water partition coefficient (Wildman–Crippen LogP) is 3.01. The lowest BCUT2D eigenvalue weighted by Crippen LogP contribution is -2.40. The Kier molecular flexibility index (Phi) is 5.04. The lowest BCUT2D eigenvalue weighted by atomic mass is 9.96. The molecule has 3 aromatic heterocycles. The molecular formula is C20H17ClN8O2. The van der Waals surface area contributed by atoms with Gasteiger partial charge in [-0.3, -0.25) is 4.79 Å². The summed E-state index contributed by atoms with van der Waals surface area (Å²) in [6, 6.07) is 8.64. The molecule has 0 bridgehead atoms. The van der Waals surface area contributed by atoms with Crippen molar-refractivity contribution in [3.63, 3.8) is 0 Å². The van der Waals surface area contributed by atoms with Crippen LogP contribution in [0.5, 0.6) is 0 Å². The Morgan fingerprint density at radius 1 is 1.35 bits per heavy atom. The van der Waals surface area contributed by atoms with E-state index in [0.717, 1.165) is 0 Å². The van der Waals surface area contributed by atoms with Gasteiger partial charge in [-0.2, -0.15) is 10.2 Å². The number of benzene rings is 1. The number of hydrogen-bond acceptors (Lipinski definition) is 9. The molecule has 10 nitrogen and oxygen atoms in total. The van der Waals surface area contributed by atoms with Crippen LogP contribution in [0.15, 0.2) is 46.0 Å². The van der Waals surface area contributed by atoms with Crippen LogP contribution in [-0.4, -0.2) is 24.7 Å². The molecule has 11 heteroatoms. The average Bonchev–Trinajstić information content (AvgIpc) is 3.28. The van der Waals surface area contributed by atoms with Crippen molar-refractivity contribution in [1.82, 2.24) is 24.7 Å². The molecule has 3 heterocycles. The number of halogens is 1. The van der Waals surface area contributed by atoms with Crippen LogP contribution in [0.1, 0.15) is 31.7 Å². The summed E-state index contributed by atoms with van der Waals surface area (Å²) in [5.74, 6) is 0.821. The predicted molar refractivity (Wildman–Crippen MR) is 115 cm³/mol. The topological polar surface area (TPSA) is 149 Å². The SMILES string of the molecule is CCC(C)(Nc1nc(N)ncc1C#N)c1nc2cccc(Cl)c2c(=O)n1-c1ccon1. The van der Waals surface area contributed by atoms with Gasteiger partial charge in [0.1, 0.15) is 29.5 Å². The van der Waals surface area contributed by atoms with Crippen molar-refractivity contribution >= 4 is 34.3 Å². The van der Waals surface area contributed by atoms with Crippen LogP contribution < -0.4 is 16.6 Å². The molecule has 0 saturated carbocycles. The summed E-state index contributed by atoms with van der Waals surface area (Å²) in [5, 5.41) is 17.1. The zero-order valence-electron chi connectivity index (χ0n) is 16.6. The molecule has 0 saturated heterocycles. The van der Waals surface area contributed by atoms with Gasteiger partial charge in [-0.25, -0.2) is 14.5 Å². The second-order valence-electron chi connectivity index (χ2n) is 6.98. The summed E-state index contributed by atoms with van der Waals surface area (Å²) < 4.78 is 6.31. The van der Waals surface area contributed by atoms with Crippen molar-refractivity contribution in [1.29, 1.82) is 5.26 Å². The molecule has 0 radical (unpaired) electrons. The first-order chi connectivity index (χ1) is 14.9. The lowest BCUT2D eigenvalue weighted by Gasteiger charge is -2.31. The van der Waals surface area contributed by atoms with Crippen LogP contribution in [0.4, 0.5) is 11.8 Å². The highest BCUT2D eigenvalue weighted by Crippen LogP contribution is 2.31. The molecule has 31 heavy (non-hydrogen) atoms. The summed E-state index contributed by atoms with van der Waals surface area (Å²) in [5.41, 5.74) is 5.00. The second kappa shape index (κ2) is 7.70. The molecule has 156 valence electrons. The number of fused-ring (bicyclic) bond motifs is 1. The molecular weight excluding hydrogens is 420 g/mol. The zero-order valence-corrected chi connectivity index (χ0v) is 17.4. The summed E-state index contributed by atoms with van der Waals surface area (Å²) in [7, 11) is 0. The molecule has 0 aliphatic heterocycles. The zero-order chi connectivity index (χ0) is 22.2. The van der Waals surface area contributed by atoms with Crippen molar-refractivity contribution in [3.05, 3.63) is 63.5 Å². The van der Waals surface area contributed by atoms with Crippen LogP contribution in [0, 0.1) is 11.3 Å². The van der Waals surface area contributed by atoms with Crippen LogP contribution in [0.25, 0.3) is 16.7 Å². The van der Waals surface area contributed by atoms with E-state index in [1.807, 2.05) is 19.9 Å². The van der Waals surface area contributed by atoms with Crippen molar-refractivity contribution < 1.29 is 4.52 Å². The number of hydrogen-bond donors (Lipinski definition) is 2. The number of nitriles is 1. The quantitative estimate of drug-likeness (QED) is 0.481. The van der Waals surface area contributed by atoms with Gasteiger partial charge in [0.2, 0.25) is 5.95 Å². The minimum atomic E-state index is -0.957. The van der Waals surface area contributed by atoms with E-state index in [2.05, 4.69) is 20.4 Å². The van der Waals surface area contributed by atoms with Gasteiger partial charge in [0.15, 0.2) is 5.82 Å². The monoisotopic (exact) mass is 436 g/mol. The summed E-state index contributed by atoms with van der Waals surface area (Å²) in [6.45, 7) is 3.74. The molecule has 1 atom stereocenters. The lowest BCUT2D eigenvalue weighted by molar-refractivity contribution is 0.410. The largest absolute Gasteiger partial charge is 0.368 e. The second-order valence-corrected chi connectivity index (χ2v) is 7.39. The van der Waals surface area contributed by atoms with Crippen molar-refractivity contribution in [3.8, 4) is 11.9 Å². The fraction of sp³-hybridized carbons (Fsp3) is 0.200. The fourth-order valence-corrected chi connectivity index (χ4v) is 3.48. The highest BCUT2D eigenvalue weighted by Gasteiger charge is 2.33. The van der Waals surface area contributed by atoms with Gasteiger partial charge in [-0.1, -0.05) is 29.7 Å². The third kappa shape index (κ3) is 3.45. The number of nitrogen functional groups attached to an aromatic ring is 1. The van der Waals surface area contributed by atoms with Gasteiger partial charge < -0.3 is 15.6 Å². The third-order valence-corrected chi connectivity index (χ3v) is 5.34. The van der Waals surface area contributed by atoms with Crippen molar-refractivity contribution in [2.75, 3.05) is 11.1 Å². The summed E-state index contributed by atoms with van der Waals surface area (Å²) in [6.07, 6.45) is 3.16. The maximum Gasteiger partial charge on any atom is 0.268 e. The van der Waals surface area contributed by atoms with Crippen molar-refractivity contribution in [2.24, 2.45) is 0 Å². The van der Waals surface area contributed by atoms with Crippen LogP contribution in [0.3, 0.4) is 0 Å². The van der Waals surface area contributed by atoms with Gasteiger partial charge in [0.05, 0.1) is 27.7 Å². The molecule has 1 unspecified atom stereocenters. The number of rotatable bonds is 5. The molecule has 4 aromatic rings. The number of nitrogens with one attached hydrogen (secondary N) is 1. The summed E-state index contributed by atoms with van der Waals surface area (Å²) in [4.78, 5) is 26.3. The number of nitrogens with zero attached hydrogens (tertiary/aromatic N) is 6. The molecule has 0 spiro atoms. The Hall–Kier alpha value is -3.97. The summed E-state index contributed by atoms with van der Waals surface area (Å²) >= 11 is 6.30. The van der Waals surface area contributed by atoms with Gasteiger partial charge in [0, 0.05) is 6.07 Å². The van der Waals surface area contributed by atoms with Gasteiger partial charge in [0.25, 0.3) is 5.56 Å². The maximum atomic E-state index is 13.5. The minimum absolute atomic E-state index is 0.00657. The van der Waals surface area contributed by atoms with Crippen LogP contribution >= 0.6 is 11.6 Å². The standard InChI is InChI=1S/C20H17ClN8O2/c1-3-20(2,27-16-11(9-22)10-24-19(23)26-16)18-25-13-6-4-5-12(21)15(13)17(30)29(18)14-7-8-31-28-14/h4-8,10H,3H2,1-2H3,(H3,23,24,26,27). The minimum Gasteiger partial charge on any atom is -0.368 e. The molecule has 0 amide bonds. The van der Waals surface area contributed by atoms with Crippen LogP contribution in [-0.2, 0) is 5.54 Å². The third-order valence-electron chi connectivity index (χ3n) is 5.02. The molecule has 0 fully saturated rings. The van der Waals surface area contributed by atoms with E-state index < -0.39 is 11.1 Å². The van der Waals surface area contributed by atoms with E-state index in [9.17, 15) is 10.1 Å². The normalized spacial score (nSPS) is 13.0. The van der Waals surface area contributed by atoms with E-state index in [0.29, 0.717) is 17.8 Å².